The molecule has 0 saturated heterocycles. The lowest BCUT2D eigenvalue weighted by Gasteiger charge is -2.31. The fourth-order valence-corrected chi connectivity index (χ4v) is 3.32. The molecular formula is C21H30N4O3. The van der Waals surface area contributed by atoms with E-state index in [9.17, 15) is 5.11 Å². The Morgan fingerprint density at radius 3 is 2.36 bits per heavy atom. The number of rotatable bonds is 7. The SMILES string of the molecule is COc1cc2c(cc1OC)CN(c1cc(N[C@H](C)CO)nc(C(C)C)n1)CC2. The lowest BCUT2D eigenvalue weighted by molar-refractivity contribution is 0.281. The van der Waals surface area contributed by atoms with Crippen molar-refractivity contribution in [2.24, 2.45) is 0 Å². The van der Waals surface area contributed by atoms with E-state index in [0.29, 0.717) is 0 Å². The smallest absolute Gasteiger partial charge is 0.161 e. The van der Waals surface area contributed by atoms with Crippen LogP contribution in [0.5, 0.6) is 11.5 Å². The average Bonchev–Trinajstić information content (AvgIpc) is 2.71. The highest BCUT2D eigenvalue weighted by Gasteiger charge is 2.22. The number of nitrogens with one attached hydrogen (secondary N) is 1. The fraction of sp³-hybridized carbons (Fsp3) is 0.524. The Kier molecular flexibility index (Phi) is 6.24. The minimum absolute atomic E-state index is 0.0507. The number of hydrogen-bond donors (Lipinski definition) is 2. The molecule has 1 atom stereocenters. The number of aliphatic hydroxyl groups is 1. The molecule has 1 aliphatic heterocycles. The normalized spacial score (nSPS) is 14.6. The number of aliphatic hydroxyl groups excluding tert-OH is 1. The van der Waals surface area contributed by atoms with Crippen LogP contribution in [0, 0.1) is 0 Å². The molecular weight excluding hydrogens is 356 g/mol. The standard InChI is InChI=1S/C21H30N4O3/c1-13(2)21-23-19(22-14(3)12-26)10-20(24-21)25-7-6-15-8-17(27-4)18(28-5)9-16(15)11-25/h8-10,13-14,26H,6-7,11-12H2,1-5H3,(H,22,23,24)/t14-/m1/s1. The van der Waals surface area contributed by atoms with Crippen LogP contribution in [-0.2, 0) is 13.0 Å². The van der Waals surface area contributed by atoms with E-state index in [4.69, 9.17) is 14.5 Å². The van der Waals surface area contributed by atoms with Crippen LogP contribution in [0.3, 0.4) is 0 Å². The van der Waals surface area contributed by atoms with Crippen molar-refractivity contribution in [2.75, 3.05) is 37.6 Å². The summed E-state index contributed by atoms with van der Waals surface area (Å²) in [6, 6.07) is 6.02. The molecule has 1 aromatic carbocycles. The zero-order chi connectivity index (χ0) is 20.3. The number of benzene rings is 1. The van der Waals surface area contributed by atoms with Gasteiger partial charge in [0.15, 0.2) is 11.5 Å². The summed E-state index contributed by atoms with van der Waals surface area (Å²) in [4.78, 5) is 11.7. The Morgan fingerprint density at radius 1 is 1.07 bits per heavy atom. The molecule has 0 bridgehead atoms. The Hall–Kier alpha value is -2.54. The maximum Gasteiger partial charge on any atom is 0.161 e. The summed E-state index contributed by atoms with van der Waals surface area (Å²) in [5, 5.41) is 12.6. The zero-order valence-electron chi connectivity index (χ0n) is 17.3. The summed E-state index contributed by atoms with van der Waals surface area (Å²) in [7, 11) is 3.32. The summed E-state index contributed by atoms with van der Waals surface area (Å²) in [5.74, 6) is 4.16. The molecule has 0 unspecified atom stereocenters. The van der Waals surface area contributed by atoms with Gasteiger partial charge in [-0.2, -0.15) is 0 Å². The van der Waals surface area contributed by atoms with Crippen LogP contribution in [0.25, 0.3) is 0 Å². The maximum atomic E-state index is 9.36. The topological polar surface area (TPSA) is 79.7 Å². The van der Waals surface area contributed by atoms with Crippen LogP contribution in [0.2, 0.25) is 0 Å². The van der Waals surface area contributed by atoms with Crippen LogP contribution in [0.1, 0.15) is 43.6 Å². The fourth-order valence-electron chi connectivity index (χ4n) is 3.32. The van der Waals surface area contributed by atoms with E-state index in [2.05, 4.69) is 41.2 Å². The van der Waals surface area contributed by atoms with Crippen molar-refractivity contribution in [1.29, 1.82) is 0 Å². The second-order valence-electron chi connectivity index (χ2n) is 7.50. The molecule has 152 valence electrons. The number of nitrogens with zero attached hydrogens (tertiary/aromatic N) is 3. The van der Waals surface area contributed by atoms with Crippen molar-refractivity contribution in [3.63, 3.8) is 0 Å². The van der Waals surface area contributed by atoms with Gasteiger partial charge in [-0.05, 0) is 36.6 Å². The minimum Gasteiger partial charge on any atom is -0.493 e. The Balaban J connectivity index is 1.91. The molecule has 3 rings (SSSR count). The average molecular weight is 386 g/mol. The predicted octanol–water partition coefficient (Wildman–Crippen LogP) is 2.97. The number of methoxy groups -OCH3 is 2. The Labute approximate surface area is 166 Å². The molecule has 1 aromatic heterocycles. The Bertz CT molecular complexity index is 826. The van der Waals surface area contributed by atoms with Gasteiger partial charge in [-0.3, -0.25) is 0 Å². The highest BCUT2D eigenvalue weighted by atomic mass is 16.5. The van der Waals surface area contributed by atoms with E-state index in [1.165, 1.54) is 11.1 Å². The van der Waals surface area contributed by atoms with Gasteiger partial charge in [-0.15, -0.1) is 0 Å². The van der Waals surface area contributed by atoms with Gasteiger partial charge >= 0.3 is 0 Å². The van der Waals surface area contributed by atoms with Gasteiger partial charge in [0.25, 0.3) is 0 Å². The van der Waals surface area contributed by atoms with Crippen molar-refractivity contribution in [3.05, 3.63) is 35.2 Å². The minimum atomic E-state index is -0.0680. The number of fused-ring (bicyclic) bond motifs is 1. The van der Waals surface area contributed by atoms with Crippen LogP contribution in [-0.4, -0.2) is 48.5 Å². The lowest BCUT2D eigenvalue weighted by Crippen LogP contribution is -2.32. The lowest BCUT2D eigenvalue weighted by atomic mass is 9.98. The van der Waals surface area contributed by atoms with Crippen LogP contribution in [0.4, 0.5) is 11.6 Å². The number of hydrogen-bond acceptors (Lipinski definition) is 7. The molecule has 0 saturated carbocycles. The van der Waals surface area contributed by atoms with E-state index in [0.717, 1.165) is 48.5 Å². The molecule has 28 heavy (non-hydrogen) atoms. The summed E-state index contributed by atoms with van der Waals surface area (Å²) in [6.45, 7) is 7.76. The van der Waals surface area contributed by atoms with Gasteiger partial charge in [-0.25, -0.2) is 9.97 Å². The van der Waals surface area contributed by atoms with Gasteiger partial charge in [0, 0.05) is 31.1 Å². The van der Waals surface area contributed by atoms with Crippen LogP contribution in [0.15, 0.2) is 18.2 Å². The predicted molar refractivity (Wildman–Crippen MR) is 111 cm³/mol. The quantitative estimate of drug-likeness (QED) is 0.757. The zero-order valence-corrected chi connectivity index (χ0v) is 17.3. The molecule has 0 amide bonds. The first-order chi connectivity index (χ1) is 13.4. The van der Waals surface area contributed by atoms with E-state index < -0.39 is 0 Å². The summed E-state index contributed by atoms with van der Waals surface area (Å²) in [5.41, 5.74) is 2.49. The first kappa shape index (κ1) is 20.2. The third-order valence-corrected chi connectivity index (χ3v) is 4.96. The largest absolute Gasteiger partial charge is 0.493 e. The molecule has 7 nitrogen and oxygen atoms in total. The Morgan fingerprint density at radius 2 is 1.75 bits per heavy atom. The molecule has 2 heterocycles. The van der Waals surface area contributed by atoms with Crippen molar-refractivity contribution >= 4 is 11.6 Å². The second kappa shape index (κ2) is 8.65. The molecule has 0 fully saturated rings. The molecule has 0 aliphatic carbocycles. The maximum absolute atomic E-state index is 9.36. The van der Waals surface area contributed by atoms with Crippen molar-refractivity contribution in [1.82, 2.24) is 9.97 Å². The third-order valence-electron chi connectivity index (χ3n) is 4.96. The van der Waals surface area contributed by atoms with Gasteiger partial charge in [0.05, 0.1) is 20.8 Å². The third kappa shape index (κ3) is 4.30. The van der Waals surface area contributed by atoms with Gasteiger partial charge in [0.1, 0.15) is 17.5 Å². The highest BCUT2D eigenvalue weighted by molar-refractivity contribution is 5.54. The number of aromatic nitrogens is 2. The molecule has 0 radical (unpaired) electrons. The van der Waals surface area contributed by atoms with Crippen molar-refractivity contribution in [2.45, 2.75) is 45.7 Å². The monoisotopic (exact) mass is 386 g/mol. The van der Waals surface area contributed by atoms with Crippen LogP contribution < -0.4 is 19.7 Å². The van der Waals surface area contributed by atoms with Gasteiger partial charge in [0.2, 0.25) is 0 Å². The van der Waals surface area contributed by atoms with Crippen molar-refractivity contribution < 1.29 is 14.6 Å². The number of ether oxygens (including phenoxy) is 2. The van der Waals surface area contributed by atoms with E-state index >= 15 is 0 Å². The van der Waals surface area contributed by atoms with E-state index in [-0.39, 0.29) is 18.6 Å². The molecule has 1 aliphatic rings. The first-order valence-corrected chi connectivity index (χ1v) is 9.70. The van der Waals surface area contributed by atoms with Crippen LogP contribution >= 0.6 is 0 Å². The van der Waals surface area contributed by atoms with E-state index in [1.54, 1.807) is 14.2 Å². The second-order valence-corrected chi connectivity index (χ2v) is 7.50. The van der Waals surface area contributed by atoms with Gasteiger partial charge in [-0.1, -0.05) is 13.8 Å². The van der Waals surface area contributed by atoms with Crippen molar-refractivity contribution in [3.8, 4) is 11.5 Å². The summed E-state index contributed by atoms with van der Waals surface area (Å²) >= 11 is 0. The summed E-state index contributed by atoms with van der Waals surface area (Å²) in [6.07, 6.45) is 0.909. The highest BCUT2D eigenvalue weighted by Crippen LogP contribution is 2.34. The molecule has 7 heteroatoms. The molecule has 2 aromatic rings. The van der Waals surface area contributed by atoms with E-state index in [1.807, 2.05) is 13.0 Å². The van der Waals surface area contributed by atoms with Gasteiger partial charge < -0.3 is 24.8 Å². The first-order valence-electron chi connectivity index (χ1n) is 9.70. The summed E-state index contributed by atoms with van der Waals surface area (Å²) < 4.78 is 10.9. The molecule has 2 N–H and O–H groups in total. The molecule has 0 spiro atoms. The number of anilines is 2.